The standard InChI is InChI=1S/C14H18N2OS/c1-4-11-13(9-15-2)18-14(16-11)10-7-5-6-8-12(10)17-3/h5-8,15H,4,9H2,1-3H3. The molecule has 1 heterocycles. The molecule has 1 aromatic carbocycles. The number of methoxy groups -OCH3 is 1. The van der Waals surface area contributed by atoms with Crippen LogP contribution in [0.2, 0.25) is 0 Å². The summed E-state index contributed by atoms with van der Waals surface area (Å²) in [5.41, 5.74) is 2.25. The van der Waals surface area contributed by atoms with Crippen LogP contribution < -0.4 is 10.1 Å². The van der Waals surface area contributed by atoms with Gasteiger partial charge in [0.2, 0.25) is 0 Å². The number of benzene rings is 1. The molecule has 0 amide bonds. The first-order valence-electron chi connectivity index (χ1n) is 6.06. The van der Waals surface area contributed by atoms with Gasteiger partial charge in [-0.15, -0.1) is 11.3 Å². The Morgan fingerprint density at radius 1 is 1.33 bits per heavy atom. The van der Waals surface area contributed by atoms with Gasteiger partial charge in [0.15, 0.2) is 0 Å². The van der Waals surface area contributed by atoms with E-state index in [0.717, 1.165) is 29.3 Å². The number of thiazole rings is 1. The van der Waals surface area contributed by atoms with Crippen molar-refractivity contribution in [2.24, 2.45) is 0 Å². The number of para-hydroxylation sites is 1. The molecule has 1 N–H and O–H groups in total. The zero-order valence-electron chi connectivity index (χ0n) is 11.0. The quantitative estimate of drug-likeness (QED) is 0.899. The molecule has 0 aliphatic carbocycles. The molecule has 4 heteroatoms. The molecule has 0 aliphatic heterocycles. The fourth-order valence-electron chi connectivity index (χ4n) is 1.89. The van der Waals surface area contributed by atoms with Crippen molar-refractivity contribution in [1.29, 1.82) is 0 Å². The monoisotopic (exact) mass is 262 g/mol. The average molecular weight is 262 g/mol. The molecule has 0 saturated heterocycles. The first-order chi connectivity index (χ1) is 8.80. The first-order valence-corrected chi connectivity index (χ1v) is 6.88. The third-order valence-corrected chi connectivity index (χ3v) is 3.92. The summed E-state index contributed by atoms with van der Waals surface area (Å²) in [5.74, 6) is 0.880. The minimum Gasteiger partial charge on any atom is -0.496 e. The third kappa shape index (κ3) is 2.54. The Balaban J connectivity index is 2.44. The van der Waals surface area contributed by atoms with Gasteiger partial charge in [0.25, 0.3) is 0 Å². The molecule has 0 atom stereocenters. The van der Waals surface area contributed by atoms with Crippen LogP contribution in [0.1, 0.15) is 17.5 Å². The Hall–Kier alpha value is -1.39. The second-order valence-corrected chi connectivity index (χ2v) is 5.06. The summed E-state index contributed by atoms with van der Waals surface area (Å²) in [6, 6.07) is 8.02. The smallest absolute Gasteiger partial charge is 0.129 e. The van der Waals surface area contributed by atoms with E-state index < -0.39 is 0 Å². The average Bonchev–Trinajstić information content (AvgIpc) is 2.82. The van der Waals surface area contributed by atoms with E-state index in [1.54, 1.807) is 18.4 Å². The Morgan fingerprint density at radius 3 is 2.78 bits per heavy atom. The SMILES string of the molecule is CCc1nc(-c2ccccc2OC)sc1CNC. The number of nitrogens with zero attached hydrogens (tertiary/aromatic N) is 1. The van der Waals surface area contributed by atoms with Crippen LogP contribution in [0.3, 0.4) is 0 Å². The van der Waals surface area contributed by atoms with E-state index in [1.165, 1.54) is 10.6 Å². The lowest BCUT2D eigenvalue weighted by Crippen LogP contribution is -2.05. The molecule has 0 bridgehead atoms. The van der Waals surface area contributed by atoms with Crippen LogP contribution in [-0.2, 0) is 13.0 Å². The minimum absolute atomic E-state index is 0.871. The van der Waals surface area contributed by atoms with Gasteiger partial charge in [-0.2, -0.15) is 0 Å². The second-order valence-electron chi connectivity index (χ2n) is 3.97. The van der Waals surface area contributed by atoms with E-state index in [-0.39, 0.29) is 0 Å². The number of aromatic nitrogens is 1. The molecule has 0 spiro atoms. The second kappa shape index (κ2) is 5.98. The lowest BCUT2D eigenvalue weighted by atomic mass is 10.2. The fourth-order valence-corrected chi connectivity index (χ4v) is 3.09. The minimum atomic E-state index is 0.871. The van der Waals surface area contributed by atoms with Crippen LogP contribution in [0.5, 0.6) is 5.75 Å². The van der Waals surface area contributed by atoms with Crippen LogP contribution in [0, 0.1) is 0 Å². The van der Waals surface area contributed by atoms with Crippen molar-refractivity contribution in [3.8, 4) is 16.3 Å². The van der Waals surface area contributed by atoms with Crippen molar-refractivity contribution in [1.82, 2.24) is 10.3 Å². The molecular formula is C14H18N2OS. The van der Waals surface area contributed by atoms with Crippen LogP contribution in [0.4, 0.5) is 0 Å². The highest BCUT2D eigenvalue weighted by atomic mass is 32.1. The summed E-state index contributed by atoms with van der Waals surface area (Å²) < 4.78 is 5.39. The van der Waals surface area contributed by atoms with Crippen molar-refractivity contribution >= 4 is 11.3 Å². The van der Waals surface area contributed by atoms with Crippen molar-refractivity contribution in [3.63, 3.8) is 0 Å². The molecule has 2 aromatic rings. The van der Waals surface area contributed by atoms with Crippen molar-refractivity contribution in [2.75, 3.05) is 14.2 Å². The number of aryl methyl sites for hydroxylation is 1. The summed E-state index contributed by atoms with van der Waals surface area (Å²) in [4.78, 5) is 6.03. The predicted octanol–water partition coefficient (Wildman–Crippen LogP) is 3.10. The molecule has 18 heavy (non-hydrogen) atoms. The number of hydrogen-bond acceptors (Lipinski definition) is 4. The predicted molar refractivity (Wildman–Crippen MR) is 76.2 cm³/mol. The lowest BCUT2D eigenvalue weighted by Gasteiger charge is -2.04. The maximum atomic E-state index is 5.39. The van der Waals surface area contributed by atoms with E-state index in [4.69, 9.17) is 9.72 Å². The molecule has 96 valence electrons. The van der Waals surface area contributed by atoms with Gasteiger partial charge in [-0.3, -0.25) is 0 Å². The molecule has 3 nitrogen and oxygen atoms in total. The fraction of sp³-hybridized carbons (Fsp3) is 0.357. The van der Waals surface area contributed by atoms with Gasteiger partial charge in [0.1, 0.15) is 10.8 Å². The van der Waals surface area contributed by atoms with Gasteiger partial charge in [-0.1, -0.05) is 19.1 Å². The van der Waals surface area contributed by atoms with E-state index >= 15 is 0 Å². The van der Waals surface area contributed by atoms with Crippen molar-refractivity contribution in [2.45, 2.75) is 19.9 Å². The highest BCUT2D eigenvalue weighted by molar-refractivity contribution is 7.15. The largest absolute Gasteiger partial charge is 0.496 e. The molecule has 0 saturated carbocycles. The van der Waals surface area contributed by atoms with Gasteiger partial charge < -0.3 is 10.1 Å². The summed E-state index contributed by atoms with van der Waals surface area (Å²) in [7, 11) is 3.66. The molecular weight excluding hydrogens is 244 g/mol. The van der Waals surface area contributed by atoms with E-state index in [0.29, 0.717) is 0 Å². The molecule has 1 aromatic heterocycles. The van der Waals surface area contributed by atoms with E-state index in [1.807, 2.05) is 25.2 Å². The van der Waals surface area contributed by atoms with E-state index in [9.17, 15) is 0 Å². The van der Waals surface area contributed by atoms with Crippen LogP contribution >= 0.6 is 11.3 Å². The van der Waals surface area contributed by atoms with Gasteiger partial charge in [-0.05, 0) is 25.6 Å². The van der Waals surface area contributed by atoms with Crippen LogP contribution in [0.25, 0.3) is 10.6 Å². The Bertz CT molecular complexity index is 522. The zero-order valence-corrected chi connectivity index (χ0v) is 11.8. The maximum absolute atomic E-state index is 5.39. The topological polar surface area (TPSA) is 34.1 Å². The van der Waals surface area contributed by atoms with Gasteiger partial charge in [-0.25, -0.2) is 4.98 Å². The summed E-state index contributed by atoms with van der Waals surface area (Å²) in [6.45, 7) is 3.01. The summed E-state index contributed by atoms with van der Waals surface area (Å²) in [6.07, 6.45) is 0.961. The molecule has 0 radical (unpaired) electrons. The first kappa shape index (κ1) is 13.1. The van der Waals surface area contributed by atoms with Gasteiger partial charge in [0, 0.05) is 11.4 Å². The maximum Gasteiger partial charge on any atom is 0.129 e. The third-order valence-electron chi connectivity index (χ3n) is 2.79. The molecule has 2 rings (SSSR count). The van der Waals surface area contributed by atoms with E-state index in [2.05, 4.69) is 18.3 Å². The lowest BCUT2D eigenvalue weighted by molar-refractivity contribution is 0.416. The number of nitrogens with one attached hydrogen (secondary N) is 1. The van der Waals surface area contributed by atoms with Crippen molar-refractivity contribution in [3.05, 3.63) is 34.8 Å². The number of ether oxygens (including phenoxy) is 1. The summed E-state index contributed by atoms with van der Waals surface area (Å²) >= 11 is 1.74. The zero-order chi connectivity index (χ0) is 13.0. The summed E-state index contributed by atoms with van der Waals surface area (Å²) in [5, 5.41) is 4.23. The van der Waals surface area contributed by atoms with Crippen LogP contribution in [-0.4, -0.2) is 19.1 Å². The number of hydrogen-bond donors (Lipinski definition) is 1. The van der Waals surface area contributed by atoms with Crippen LogP contribution in [0.15, 0.2) is 24.3 Å². The highest BCUT2D eigenvalue weighted by Crippen LogP contribution is 2.34. The van der Waals surface area contributed by atoms with Crippen molar-refractivity contribution < 1.29 is 4.74 Å². The van der Waals surface area contributed by atoms with Gasteiger partial charge in [0.05, 0.1) is 18.4 Å². The Labute approximate surface area is 112 Å². The highest BCUT2D eigenvalue weighted by Gasteiger charge is 2.13. The van der Waals surface area contributed by atoms with Gasteiger partial charge >= 0.3 is 0 Å². The molecule has 0 aliphatic rings. The normalized spacial score (nSPS) is 10.6. The molecule has 0 unspecified atom stereocenters. The Kier molecular flexibility index (Phi) is 4.33. The Morgan fingerprint density at radius 2 is 2.11 bits per heavy atom. The number of rotatable bonds is 5. The molecule has 0 fully saturated rings.